The van der Waals surface area contributed by atoms with Crippen LogP contribution >= 0.6 is 0 Å². The molecule has 1 aliphatic rings. The summed E-state index contributed by atoms with van der Waals surface area (Å²) in [6.07, 6.45) is 2.60. The van der Waals surface area contributed by atoms with Gasteiger partial charge in [-0.25, -0.2) is 0 Å². The van der Waals surface area contributed by atoms with Crippen molar-refractivity contribution < 1.29 is 19.4 Å². The van der Waals surface area contributed by atoms with Crippen LogP contribution in [0.3, 0.4) is 0 Å². The highest BCUT2D eigenvalue weighted by atomic mass is 16.5. The van der Waals surface area contributed by atoms with Gasteiger partial charge in [-0.1, -0.05) is 13.8 Å². The number of hydrogen-bond acceptors (Lipinski definition) is 3. The van der Waals surface area contributed by atoms with E-state index in [0.29, 0.717) is 13.0 Å². The van der Waals surface area contributed by atoms with E-state index in [1.165, 1.54) is 0 Å². The van der Waals surface area contributed by atoms with Crippen LogP contribution in [-0.4, -0.2) is 35.6 Å². The Morgan fingerprint density at radius 3 is 2.71 bits per heavy atom. The Kier molecular flexibility index (Phi) is 3.99. The van der Waals surface area contributed by atoms with Gasteiger partial charge in [0.1, 0.15) is 5.75 Å². The van der Waals surface area contributed by atoms with E-state index in [-0.39, 0.29) is 5.91 Å². The van der Waals surface area contributed by atoms with E-state index >= 15 is 0 Å². The average molecular weight is 330 g/mol. The fourth-order valence-electron chi connectivity index (χ4n) is 3.51. The van der Waals surface area contributed by atoms with E-state index in [0.717, 1.165) is 22.2 Å². The number of hydrogen-bond donors (Lipinski definition) is 3. The van der Waals surface area contributed by atoms with Crippen LogP contribution in [0, 0.1) is 17.3 Å². The van der Waals surface area contributed by atoms with Gasteiger partial charge in [0.15, 0.2) is 0 Å². The zero-order valence-electron chi connectivity index (χ0n) is 14.1. The molecule has 1 saturated carbocycles. The lowest BCUT2D eigenvalue weighted by atomic mass is 10.1. The maximum Gasteiger partial charge on any atom is 0.307 e. The summed E-state index contributed by atoms with van der Waals surface area (Å²) in [5, 5.41) is 13.1. The highest BCUT2D eigenvalue weighted by molar-refractivity contribution is 5.91. The van der Waals surface area contributed by atoms with Crippen molar-refractivity contribution in [2.24, 2.45) is 17.3 Å². The molecule has 0 aliphatic heterocycles. The number of aliphatic carboxylic acids is 1. The number of methoxy groups -OCH3 is 1. The average Bonchev–Trinajstić information content (AvgIpc) is 2.92. The van der Waals surface area contributed by atoms with Crippen molar-refractivity contribution in [3.05, 3.63) is 30.0 Å². The van der Waals surface area contributed by atoms with Crippen LogP contribution in [0.2, 0.25) is 0 Å². The molecule has 1 aromatic heterocycles. The maximum absolute atomic E-state index is 12.2. The lowest BCUT2D eigenvalue weighted by molar-refractivity contribution is -0.140. The quantitative estimate of drug-likeness (QED) is 0.757. The fraction of sp³-hybridized carbons (Fsp3) is 0.444. The number of carboxylic acid groups (broad SMARTS) is 1. The Hall–Kier alpha value is -2.50. The first kappa shape index (κ1) is 16.4. The van der Waals surface area contributed by atoms with Gasteiger partial charge in [-0.3, -0.25) is 9.59 Å². The molecule has 2 atom stereocenters. The molecule has 24 heavy (non-hydrogen) atoms. The molecule has 128 valence electrons. The van der Waals surface area contributed by atoms with Crippen LogP contribution in [0.4, 0.5) is 0 Å². The number of aromatic nitrogens is 1. The van der Waals surface area contributed by atoms with E-state index in [1.807, 2.05) is 38.2 Å². The highest BCUT2D eigenvalue weighted by Crippen LogP contribution is 2.58. The maximum atomic E-state index is 12.2. The van der Waals surface area contributed by atoms with Gasteiger partial charge in [-0.2, -0.15) is 0 Å². The van der Waals surface area contributed by atoms with Crippen LogP contribution in [-0.2, 0) is 16.0 Å². The third-order valence-electron chi connectivity index (χ3n) is 5.04. The summed E-state index contributed by atoms with van der Waals surface area (Å²) < 4.78 is 5.25. The number of ether oxygens (including phenoxy) is 1. The van der Waals surface area contributed by atoms with Crippen LogP contribution in [0.25, 0.3) is 10.9 Å². The van der Waals surface area contributed by atoms with Gasteiger partial charge in [0.25, 0.3) is 0 Å². The number of fused-ring (bicyclic) bond motifs is 1. The van der Waals surface area contributed by atoms with Crippen LogP contribution < -0.4 is 10.1 Å². The Balaban J connectivity index is 1.61. The van der Waals surface area contributed by atoms with E-state index in [2.05, 4.69) is 10.3 Å². The van der Waals surface area contributed by atoms with E-state index < -0.39 is 23.2 Å². The topological polar surface area (TPSA) is 91.4 Å². The minimum absolute atomic E-state index is 0.176. The molecule has 0 radical (unpaired) electrons. The predicted octanol–water partition coefficient (Wildman–Crippen LogP) is 2.19. The Morgan fingerprint density at radius 1 is 1.33 bits per heavy atom. The van der Waals surface area contributed by atoms with Gasteiger partial charge in [0.2, 0.25) is 5.91 Å². The normalized spacial score (nSPS) is 21.5. The van der Waals surface area contributed by atoms with E-state index in [1.54, 1.807) is 7.11 Å². The second kappa shape index (κ2) is 5.85. The molecule has 6 heteroatoms. The summed E-state index contributed by atoms with van der Waals surface area (Å²) in [7, 11) is 1.63. The minimum Gasteiger partial charge on any atom is -0.497 e. The molecular weight excluding hydrogens is 308 g/mol. The number of benzene rings is 1. The number of aromatic amines is 1. The number of nitrogens with one attached hydrogen (secondary N) is 2. The molecule has 0 bridgehead atoms. The van der Waals surface area contributed by atoms with Gasteiger partial charge in [0, 0.05) is 23.6 Å². The lowest BCUT2D eigenvalue weighted by Crippen LogP contribution is -2.29. The van der Waals surface area contributed by atoms with Gasteiger partial charge < -0.3 is 20.1 Å². The van der Waals surface area contributed by atoms with Gasteiger partial charge >= 0.3 is 5.97 Å². The monoisotopic (exact) mass is 330 g/mol. The summed E-state index contributed by atoms with van der Waals surface area (Å²) in [4.78, 5) is 26.6. The first-order valence-corrected chi connectivity index (χ1v) is 8.00. The molecule has 1 heterocycles. The van der Waals surface area contributed by atoms with Crippen molar-refractivity contribution in [1.29, 1.82) is 0 Å². The number of carbonyl (C=O) groups excluding carboxylic acids is 1. The fourth-order valence-corrected chi connectivity index (χ4v) is 3.51. The number of amides is 1. The third-order valence-corrected chi connectivity index (χ3v) is 5.04. The molecular formula is C18H22N2O4. The molecule has 6 nitrogen and oxygen atoms in total. The Labute approximate surface area is 140 Å². The molecule has 2 aromatic rings. The van der Waals surface area contributed by atoms with Crippen molar-refractivity contribution in [3.63, 3.8) is 0 Å². The second-order valence-electron chi connectivity index (χ2n) is 6.88. The zero-order valence-corrected chi connectivity index (χ0v) is 14.1. The van der Waals surface area contributed by atoms with Crippen molar-refractivity contribution >= 4 is 22.8 Å². The smallest absolute Gasteiger partial charge is 0.307 e. The molecule has 0 saturated heterocycles. The molecule has 3 rings (SSSR count). The highest BCUT2D eigenvalue weighted by Gasteiger charge is 2.65. The number of H-pyrrole nitrogens is 1. The van der Waals surface area contributed by atoms with Gasteiger partial charge in [0.05, 0.1) is 18.9 Å². The second-order valence-corrected chi connectivity index (χ2v) is 6.88. The minimum atomic E-state index is -0.899. The first-order valence-electron chi connectivity index (χ1n) is 8.00. The van der Waals surface area contributed by atoms with Crippen LogP contribution in [0.1, 0.15) is 19.4 Å². The molecule has 1 aliphatic carbocycles. The Bertz CT molecular complexity index is 793. The molecule has 0 spiro atoms. The third kappa shape index (κ3) is 2.72. The largest absolute Gasteiger partial charge is 0.497 e. The summed E-state index contributed by atoms with van der Waals surface area (Å²) >= 11 is 0. The predicted molar refractivity (Wildman–Crippen MR) is 90.0 cm³/mol. The molecule has 1 fully saturated rings. The number of carbonyl (C=O) groups is 2. The van der Waals surface area contributed by atoms with Crippen LogP contribution in [0.5, 0.6) is 5.75 Å². The standard InChI is InChI=1S/C18H22N2O4/c1-18(2)14(15(18)17(22)23)16(21)19-7-6-10-9-20-13-5-4-11(24-3)8-12(10)13/h4-5,8-9,14-15,20H,6-7H2,1-3H3,(H,19,21)(H,22,23). The van der Waals surface area contributed by atoms with Crippen molar-refractivity contribution in [3.8, 4) is 5.75 Å². The molecule has 3 N–H and O–H groups in total. The summed E-state index contributed by atoms with van der Waals surface area (Å²) in [5.41, 5.74) is 1.64. The summed E-state index contributed by atoms with van der Waals surface area (Å²) in [6.45, 7) is 4.12. The van der Waals surface area contributed by atoms with E-state index in [4.69, 9.17) is 9.84 Å². The number of rotatable bonds is 6. The van der Waals surface area contributed by atoms with Crippen molar-refractivity contribution in [2.45, 2.75) is 20.3 Å². The Morgan fingerprint density at radius 2 is 2.08 bits per heavy atom. The lowest BCUT2D eigenvalue weighted by Gasteiger charge is -2.06. The van der Waals surface area contributed by atoms with Crippen LogP contribution in [0.15, 0.2) is 24.4 Å². The molecule has 1 aromatic carbocycles. The summed E-state index contributed by atoms with van der Waals surface area (Å²) in [6, 6.07) is 5.82. The molecule has 2 unspecified atom stereocenters. The summed E-state index contributed by atoms with van der Waals surface area (Å²) in [5.74, 6) is -1.32. The van der Waals surface area contributed by atoms with Crippen molar-refractivity contribution in [2.75, 3.05) is 13.7 Å². The van der Waals surface area contributed by atoms with E-state index in [9.17, 15) is 9.59 Å². The first-order chi connectivity index (χ1) is 11.4. The van der Waals surface area contributed by atoms with Gasteiger partial charge in [-0.15, -0.1) is 0 Å². The number of carboxylic acids is 1. The zero-order chi connectivity index (χ0) is 17.5. The SMILES string of the molecule is COc1ccc2[nH]cc(CCNC(=O)C3C(C(=O)O)C3(C)C)c2c1. The molecule has 1 amide bonds. The van der Waals surface area contributed by atoms with Crippen molar-refractivity contribution in [1.82, 2.24) is 10.3 Å². The van der Waals surface area contributed by atoms with Gasteiger partial charge in [-0.05, 0) is 35.6 Å².